The number of benzene rings is 1. The number of aliphatic hydroxyl groups is 1. The summed E-state index contributed by atoms with van der Waals surface area (Å²) in [6.45, 7) is 5.70. The summed E-state index contributed by atoms with van der Waals surface area (Å²) >= 11 is 0. The Labute approximate surface area is 120 Å². The van der Waals surface area contributed by atoms with E-state index in [2.05, 4.69) is 0 Å². The van der Waals surface area contributed by atoms with E-state index in [1.807, 2.05) is 37.9 Å². The molecule has 1 aromatic rings. The van der Waals surface area contributed by atoms with Crippen molar-refractivity contribution < 1.29 is 9.90 Å². The fourth-order valence-electron chi connectivity index (χ4n) is 2.61. The Hall–Kier alpha value is -1.59. The maximum Gasteiger partial charge on any atom is 0.242 e. The number of nitrogens with two attached hydrogens (primary N) is 1. The molecule has 1 aliphatic heterocycles. The lowest BCUT2D eigenvalue weighted by atomic mass is 9.96. The van der Waals surface area contributed by atoms with Crippen LogP contribution < -0.4 is 5.73 Å². The van der Waals surface area contributed by atoms with Crippen molar-refractivity contribution in [2.24, 2.45) is 0 Å². The van der Waals surface area contributed by atoms with Crippen molar-refractivity contribution in [2.45, 2.75) is 25.5 Å². The Morgan fingerprint density at radius 3 is 2.50 bits per heavy atom. The minimum absolute atomic E-state index is 0.0910. The maximum atomic E-state index is 12.2. The first-order valence-electron chi connectivity index (χ1n) is 6.86. The Morgan fingerprint density at radius 2 is 1.90 bits per heavy atom. The molecule has 0 aromatic heterocycles. The predicted octanol–water partition coefficient (Wildman–Crippen LogP) is 0.855. The minimum Gasteiger partial charge on any atom is -0.399 e. The monoisotopic (exact) mass is 277 g/mol. The number of nitrogens with zero attached hydrogens (tertiary/aromatic N) is 2. The molecule has 1 unspecified atom stereocenters. The summed E-state index contributed by atoms with van der Waals surface area (Å²) in [4.78, 5) is 16.0. The molecule has 1 saturated heterocycles. The molecule has 20 heavy (non-hydrogen) atoms. The lowest BCUT2D eigenvalue weighted by Crippen LogP contribution is -2.62. The van der Waals surface area contributed by atoms with Crippen molar-refractivity contribution in [3.8, 4) is 0 Å². The van der Waals surface area contributed by atoms with Gasteiger partial charge in [-0.2, -0.15) is 0 Å². The van der Waals surface area contributed by atoms with Crippen LogP contribution in [0.2, 0.25) is 0 Å². The summed E-state index contributed by atoms with van der Waals surface area (Å²) in [7, 11) is 1.82. The second-order valence-corrected chi connectivity index (χ2v) is 5.91. The van der Waals surface area contributed by atoms with Gasteiger partial charge in [-0.3, -0.25) is 9.69 Å². The van der Waals surface area contributed by atoms with Gasteiger partial charge >= 0.3 is 0 Å². The third-order valence-corrected chi connectivity index (χ3v) is 4.08. The molecule has 1 heterocycles. The highest BCUT2D eigenvalue weighted by molar-refractivity contribution is 5.86. The number of likely N-dealkylation sites (N-methyl/N-ethyl adjacent to an activating group) is 1. The predicted molar refractivity (Wildman–Crippen MR) is 79.1 cm³/mol. The largest absolute Gasteiger partial charge is 0.399 e. The van der Waals surface area contributed by atoms with Crippen molar-refractivity contribution in [3.63, 3.8) is 0 Å². The Kier molecular flexibility index (Phi) is 4.01. The van der Waals surface area contributed by atoms with E-state index in [0.29, 0.717) is 18.8 Å². The molecule has 0 spiro atoms. The van der Waals surface area contributed by atoms with Gasteiger partial charge < -0.3 is 15.7 Å². The van der Waals surface area contributed by atoms with E-state index >= 15 is 0 Å². The van der Waals surface area contributed by atoms with Crippen LogP contribution in [0.25, 0.3) is 0 Å². The van der Waals surface area contributed by atoms with E-state index in [1.54, 1.807) is 17.0 Å². The molecule has 3 N–H and O–H groups in total. The number of nitrogen functional groups attached to an aromatic ring is 1. The number of hydrogen-bond acceptors (Lipinski definition) is 4. The lowest BCUT2D eigenvalue weighted by molar-refractivity contribution is -0.148. The van der Waals surface area contributed by atoms with Crippen molar-refractivity contribution in [1.82, 2.24) is 9.80 Å². The highest BCUT2D eigenvalue weighted by Crippen LogP contribution is 2.25. The molecular weight excluding hydrogens is 254 g/mol. The molecule has 1 amide bonds. The number of aliphatic hydroxyl groups excluding tert-OH is 1. The smallest absolute Gasteiger partial charge is 0.242 e. The lowest BCUT2D eigenvalue weighted by Gasteiger charge is -2.45. The van der Waals surface area contributed by atoms with Crippen molar-refractivity contribution in [3.05, 3.63) is 29.8 Å². The van der Waals surface area contributed by atoms with Gasteiger partial charge in [0.15, 0.2) is 0 Å². The minimum atomic E-state index is -0.619. The van der Waals surface area contributed by atoms with Crippen LogP contribution in [0.3, 0.4) is 0 Å². The normalized spacial score (nSPS) is 21.0. The standard InChI is InChI=1S/C15H23N3O2/c1-15(2)14(20)17(3)8-9-18(15)10-13(19)11-4-6-12(16)7-5-11/h4-7,13,19H,8-10,16H2,1-3H3. The zero-order valence-corrected chi connectivity index (χ0v) is 12.3. The van der Waals surface area contributed by atoms with Gasteiger partial charge in [-0.25, -0.2) is 0 Å². The Balaban J connectivity index is 2.09. The van der Waals surface area contributed by atoms with Gasteiger partial charge in [-0.05, 0) is 31.5 Å². The van der Waals surface area contributed by atoms with Gasteiger partial charge in [-0.1, -0.05) is 12.1 Å². The number of anilines is 1. The maximum absolute atomic E-state index is 12.2. The van der Waals surface area contributed by atoms with E-state index in [9.17, 15) is 9.90 Å². The molecule has 0 radical (unpaired) electrons. The first-order valence-corrected chi connectivity index (χ1v) is 6.86. The van der Waals surface area contributed by atoms with E-state index < -0.39 is 11.6 Å². The zero-order chi connectivity index (χ0) is 14.9. The van der Waals surface area contributed by atoms with Crippen LogP contribution >= 0.6 is 0 Å². The van der Waals surface area contributed by atoms with Crippen LogP contribution in [0.1, 0.15) is 25.5 Å². The molecule has 5 nitrogen and oxygen atoms in total. The molecule has 5 heteroatoms. The molecule has 0 bridgehead atoms. The van der Waals surface area contributed by atoms with E-state index in [4.69, 9.17) is 5.73 Å². The van der Waals surface area contributed by atoms with E-state index in [1.165, 1.54) is 0 Å². The first kappa shape index (κ1) is 14.8. The van der Waals surface area contributed by atoms with Gasteiger partial charge in [0.2, 0.25) is 5.91 Å². The average Bonchev–Trinajstić information content (AvgIpc) is 2.40. The third-order valence-electron chi connectivity index (χ3n) is 4.08. The van der Waals surface area contributed by atoms with Gasteiger partial charge in [-0.15, -0.1) is 0 Å². The topological polar surface area (TPSA) is 69.8 Å². The van der Waals surface area contributed by atoms with Crippen LogP contribution in [-0.2, 0) is 4.79 Å². The van der Waals surface area contributed by atoms with Crippen molar-refractivity contribution in [1.29, 1.82) is 0 Å². The number of carbonyl (C=O) groups is 1. The summed E-state index contributed by atoms with van der Waals surface area (Å²) in [5.74, 6) is 0.0910. The highest BCUT2D eigenvalue weighted by atomic mass is 16.3. The number of carbonyl (C=O) groups excluding carboxylic acids is 1. The summed E-state index contributed by atoms with van der Waals surface area (Å²) in [6, 6.07) is 7.20. The number of amides is 1. The van der Waals surface area contributed by atoms with Crippen LogP contribution in [0.15, 0.2) is 24.3 Å². The molecule has 0 aliphatic carbocycles. The van der Waals surface area contributed by atoms with Crippen LogP contribution in [0.5, 0.6) is 0 Å². The fourth-order valence-corrected chi connectivity index (χ4v) is 2.61. The Morgan fingerprint density at radius 1 is 1.30 bits per heavy atom. The highest BCUT2D eigenvalue weighted by Gasteiger charge is 2.40. The summed E-state index contributed by atoms with van der Waals surface area (Å²) < 4.78 is 0. The molecule has 1 aliphatic rings. The molecule has 110 valence electrons. The summed E-state index contributed by atoms with van der Waals surface area (Å²) in [6.07, 6.45) is -0.619. The Bertz CT molecular complexity index is 484. The molecule has 1 fully saturated rings. The molecule has 1 aromatic carbocycles. The van der Waals surface area contributed by atoms with Gasteiger partial charge in [0.25, 0.3) is 0 Å². The van der Waals surface area contributed by atoms with E-state index in [0.717, 1.165) is 12.1 Å². The van der Waals surface area contributed by atoms with Crippen LogP contribution in [0, 0.1) is 0 Å². The van der Waals surface area contributed by atoms with Gasteiger partial charge in [0, 0.05) is 32.4 Å². The summed E-state index contributed by atoms with van der Waals surface area (Å²) in [5, 5.41) is 10.3. The van der Waals surface area contributed by atoms with Crippen LogP contribution in [0.4, 0.5) is 5.69 Å². The number of rotatable bonds is 3. The SMILES string of the molecule is CN1CCN(CC(O)c2ccc(N)cc2)C(C)(C)C1=O. The molecule has 1 atom stereocenters. The average molecular weight is 277 g/mol. The number of piperazine rings is 1. The van der Waals surface area contributed by atoms with E-state index in [-0.39, 0.29) is 5.91 Å². The third kappa shape index (κ3) is 2.78. The first-order chi connectivity index (χ1) is 9.32. The number of β-amino-alcohol motifs (C(OH)–C–C–N with tert-alkyl or cyclic N) is 1. The fraction of sp³-hybridized carbons (Fsp3) is 0.533. The molecule has 2 rings (SSSR count). The molecular formula is C15H23N3O2. The van der Waals surface area contributed by atoms with Crippen molar-refractivity contribution in [2.75, 3.05) is 32.4 Å². The van der Waals surface area contributed by atoms with Gasteiger partial charge in [0.05, 0.1) is 11.6 Å². The number of hydrogen-bond donors (Lipinski definition) is 2. The second kappa shape index (κ2) is 5.42. The molecule has 0 saturated carbocycles. The van der Waals surface area contributed by atoms with Crippen molar-refractivity contribution >= 4 is 11.6 Å². The second-order valence-electron chi connectivity index (χ2n) is 5.91. The van der Waals surface area contributed by atoms with Crippen LogP contribution in [-0.4, -0.2) is 53.0 Å². The summed E-state index contributed by atoms with van der Waals surface area (Å²) in [5.41, 5.74) is 6.56. The zero-order valence-electron chi connectivity index (χ0n) is 12.3. The van der Waals surface area contributed by atoms with Gasteiger partial charge in [0.1, 0.15) is 0 Å². The quantitative estimate of drug-likeness (QED) is 0.804.